The van der Waals surface area contributed by atoms with E-state index in [1.807, 2.05) is 0 Å². The molecule has 1 fully saturated rings. The summed E-state index contributed by atoms with van der Waals surface area (Å²) >= 11 is 0. The molecule has 1 nitrogen and oxygen atoms in total. The van der Waals surface area contributed by atoms with Gasteiger partial charge >= 0.3 is 6.18 Å². The van der Waals surface area contributed by atoms with Crippen molar-refractivity contribution < 1.29 is 17.6 Å². The predicted molar refractivity (Wildman–Crippen MR) is 54.5 cm³/mol. The zero-order valence-corrected chi connectivity index (χ0v) is 9.76. The molecular weight excluding hydrogens is 222 g/mol. The van der Waals surface area contributed by atoms with E-state index in [1.54, 1.807) is 13.8 Å². The monoisotopic (exact) mass is 241 g/mol. The lowest BCUT2D eigenvalue weighted by Crippen LogP contribution is -2.53. The van der Waals surface area contributed by atoms with Gasteiger partial charge in [0.25, 0.3) is 0 Å². The van der Waals surface area contributed by atoms with E-state index in [9.17, 15) is 17.6 Å². The summed E-state index contributed by atoms with van der Waals surface area (Å²) in [4.78, 5) is 0. The molecule has 1 rings (SSSR count). The molecule has 0 aromatic heterocycles. The van der Waals surface area contributed by atoms with E-state index in [-0.39, 0.29) is 12.3 Å². The molecule has 0 radical (unpaired) electrons. The molecule has 0 amide bonds. The smallest absolute Gasteiger partial charge is 0.325 e. The fourth-order valence-electron chi connectivity index (χ4n) is 2.80. The van der Waals surface area contributed by atoms with Gasteiger partial charge in [0.1, 0.15) is 6.17 Å². The first-order valence-corrected chi connectivity index (χ1v) is 5.62. The van der Waals surface area contributed by atoms with Crippen LogP contribution in [0.5, 0.6) is 0 Å². The summed E-state index contributed by atoms with van der Waals surface area (Å²) in [6, 6.07) is -0.763. The molecule has 5 atom stereocenters. The molecular formula is C11H19F4N. The lowest BCUT2D eigenvalue weighted by molar-refractivity contribution is -0.223. The summed E-state index contributed by atoms with van der Waals surface area (Å²) < 4.78 is 52.2. The van der Waals surface area contributed by atoms with Crippen LogP contribution >= 0.6 is 0 Å². The Labute approximate surface area is 93.4 Å². The third kappa shape index (κ3) is 2.50. The maximum absolute atomic E-state index is 13.6. The van der Waals surface area contributed by atoms with E-state index in [4.69, 9.17) is 5.73 Å². The van der Waals surface area contributed by atoms with Crippen LogP contribution in [0, 0.1) is 23.7 Å². The van der Waals surface area contributed by atoms with Gasteiger partial charge in [-0.3, -0.25) is 0 Å². The van der Waals surface area contributed by atoms with Gasteiger partial charge in [-0.25, -0.2) is 4.39 Å². The Bertz CT molecular complexity index is 239. The summed E-state index contributed by atoms with van der Waals surface area (Å²) in [5.74, 6) is -3.32. The molecule has 0 spiro atoms. The molecule has 1 aliphatic carbocycles. The molecule has 0 bridgehead atoms. The summed E-state index contributed by atoms with van der Waals surface area (Å²) in [5.41, 5.74) is 5.56. The van der Waals surface area contributed by atoms with Crippen molar-refractivity contribution in [3.05, 3.63) is 0 Å². The molecule has 0 aromatic carbocycles. The van der Waals surface area contributed by atoms with E-state index in [1.165, 1.54) is 6.92 Å². The number of rotatable bonds is 1. The average molecular weight is 241 g/mol. The number of hydrogen-bond acceptors (Lipinski definition) is 1. The minimum Gasteiger partial charge on any atom is -0.325 e. The largest absolute Gasteiger partial charge is 0.392 e. The summed E-state index contributed by atoms with van der Waals surface area (Å²) in [6.07, 6.45) is -5.77. The fraction of sp³-hybridized carbons (Fsp3) is 1.00. The maximum Gasteiger partial charge on any atom is 0.392 e. The SMILES string of the molecule is CC(C)C1CC(N)C(F)C(C)C1C(F)(F)F. The Morgan fingerprint density at radius 2 is 1.75 bits per heavy atom. The van der Waals surface area contributed by atoms with Crippen LogP contribution in [-0.4, -0.2) is 18.4 Å². The van der Waals surface area contributed by atoms with Gasteiger partial charge in [0.05, 0.1) is 5.92 Å². The van der Waals surface area contributed by atoms with Gasteiger partial charge in [0, 0.05) is 12.0 Å². The van der Waals surface area contributed by atoms with Gasteiger partial charge < -0.3 is 5.73 Å². The van der Waals surface area contributed by atoms with Crippen molar-refractivity contribution in [3.8, 4) is 0 Å². The highest BCUT2D eigenvalue weighted by Gasteiger charge is 2.54. The molecule has 5 unspecified atom stereocenters. The zero-order valence-electron chi connectivity index (χ0n) is 9.76. The van der Waals surface area contributed by atoms with E-state index < -0.39 is 36.1 Å². The Morgan fingerprint density at radius 1 is 1.25 bits per heavy atom. The first kappa shape index (κ1) is 13.7. The van der Waals surface area contributed by atoms with Gasteiger partial charge in [-0.05, 0) is 18.3 Å². The molecule has 0 aromatic rings. The van der Waals surface area contributed by atoms with E-state index in [2.05, 4.69) is 0 Å². The van der Waals surface area contributed by atoms with Crippen LogP contribution in [-0.2, 0) is 0 Å². The van der Waals surface area contributed by atoms with Crippen LogP contribution < -0.4 is 5.73 Å². The maximum atomic E-state index is 13.6. The van der Waals surface area contributed by atoms with Gasteiger partial charge in [-0.2, -0.15) is 13.2 Å². The molecule has 2 N–H and O–H groups in total. The van der Waals surface area contributed by atoms with Crippen molar-refractivity contribution >= 4 is 0 Å². The summed E-state index contributed by atoms with van der Waals surface area (Å²) in [6.45, 7) is 4.79. The third-order valence-corrected chi connectivity index (χ3v) is 3.72. The second-order valence-corrected chi connectivity index (χ2v) is 5.18. The highest BCUT2D eigenvalue weighted by molar-refractivity contribution is 4.96. The average Bonchev–Trinajstić information content (AvgIpc) is 2.10. The van der Waals surface area contributed by atoms with Gasteiger partial charge in [-0.15, -0.1) is 0 Å². The van der Waals surface area contributed by atoms with Crippen LogP contribution in [0.15, 0.2) is 0 Å². The van der Waals surface area contributed by atoms with Crippen LogP contribution in [0.3, 0.4) is 0 Å². The second kappa shape index (κ2) is 4.51. The molecule has 16 heavy (non-hydrogen) atoms. The van der Waals surface area contributed by atoms with Crippen LogP contribution in [0.25, 0.3) is 0 Å². The van der Waals surface area contributed by atoms with Gasteiger partial charge in [0.15, 0.2) is 0 Å². The first-order valence-electron chi connectivity index (χ1n) is 5.62. The van der Waals surface area contributed by atoms with Gasteiger partial charge in [0.2, 0.25) is 0 Å². The van der Waals surface area contributed by atoms with Crippen molar-refractivity contribution in [1.82, 2.24) is 0 Å². The van der Waals surface area contributed by atoms with E-state index in [0.717, 1.165) is 0 Å². The Kier molecular flexibility index (Phi) is 3.87. The van der Waals surface area contributed by atoms with Crippen molar-refractivity contribution in [1.29, 1.82) is 0 Å². The lowest BCUT2D eigenvalue weighted by Gasteiger charge is -2.44. The van der Waals surface area contributed by atoms with E-state index >= 15 is 0 Å². The Hall–Kier alpha value is -0.320. The molecule has 0 aliphatic heterocycles. The molecule has 1 saturated carbocycles. The summed E-state index contributed by atoms with van der Waals surface area (Å²) in [5, 5.41) is 0. The standard InChI is InChI=1S/C11H19F4N/c1-5(2)7-4-8(16)10(12)6(3)9(7)11(13,14)15/h5-10H,4,16H2,1-3H3. The number of alkyl halides is 4. The minimum absolute atomic E-state index is 0.118. The van der Waals surface area contributed by atoms with E-state index in [0.29, 0.717) is 0 Å². The first-order chi connectivity index (χ1) is 7.16. The highest BCUT2D eigenvalue weighted by atomic mass is 19.4. The second-order valence-electron chi connectivity index (χ2n) is 5.18. The highest BCUT2D eigenvalue weighted by Crippen LogP contribution is 2.47. The summed E-state index contributed by atoms with van der Waals surface area (Å²) in [7, 11) is 0. The number of halogens is 4. The van der Waals surface area contributed by atoms with Crippen molar-refractivity contribution in [2.24, 2.45) is 29.4 Å². The van der Waals surface area contributed by atoms with Crippen molar-refractivity contribution in [2.45, 2.75) is 45.6 Å². The normalized spacial score (nSPS) is 41.4. The van der Waals surface area contributed by atoms with Crippen molar-refractivity contribution in [2.75, 3.05) is 0 Å². The topological polar surface area (TPSA) is 26.0 Å². The van der Waals surface area contributed by atoms with Crippen LogP contribution in [0.2, 0.25) is 0 Å². The van der Waals surface area contributed by atoms with Gasteiger partial charge in [-0.1, -0.05) is 20.8 Å². The lowest BCUT2D eigenvalue weighted by atomic mass is 9.66. The van der Waals surface area contributed by atoms with Crippen LogP contribution in [0.1, 0.15) is 27.2 Å². The third-order valence-electron chi connectivity index (χ3n) is 3.72. The minimum atomic E-state index is -4.33. The van der Waals surface area contributed by atoms with Crippen molar-refractivity contribution in [3.63, 3.8) is 0 Å². The molecule has 0 saturated heterocycles. The fourth-order valence-corrected chi connectivity index (χ4v) is 2.80. The molecule has 96 valence electrons. The quantitative estimate of drug-likeness (QED) is 0.701. The molecule has 1 aliphatic rings. The number of hydrogen-bond donors (Lipinski definition) is 1. The van der Waals surface area contributed by atoms with Crippen LogP contribution in [0.4, 0.5) is 17.6 Å². The Balaban J connectivity index is 2.98. The molecule has 5 heteroatoms. The number of nitrogens with two attached hydrogens (primary N) is 1. The zero-order chi connectivity index (χ0) is 12.7. The molecule has 0 heterocycles. The Morgan fingerprint density at radius 3 is 2.12 bits per heavy atom. The predicted octanol–water partition coefficient (Wildman–Crippen LogP) is 3.14.